The van der Waals surface area contributed by atoms with E-state index in [1.165, 1.54) is 18.6 Å². The monoisotopic (exact) mass is 404 g/mol. The van der Waals surface area contributed by atoms with Crippen LogP contribution in [0.4, 0.5) is 4.39 Å². The minimum atomic E-state index is -0.274. The van der Waals surface area contributed by atoms with E-state index in [9.17, 15) is 9.18 Å². The van der Waals surface area contributed by atoms with Crippen molar-refractivity contribution >= 4 is 16.6 Å². The fourth-order valence-electron chi connectivity index (χ4n) is 4.86. The van der Waals surface area contributed by atoms with Crippen LogP contribution in [0.2, 0.25) is 0 Å². The van der Waals surface area contributed by atoms with Crippen molar-refractivity contribution in [2.75, 3.05) is 0 Å². The second-order valence-electron chi connectivity index (χ2n) is 8.33. The molecule has 1 fully saturated rings. The van der Waals surface area contributed by atoms with Crippen LogP contribution in [0.25, 0.3) is 27.7 Å². The van der Waals surface area contributed by atoms with E-state index in [0.717, 1.165) is 41.6 Å². The van der Waals surface area contributed by atoms with Gasteiger partial charge in [0.1, 0.15) is 5.82 Å². The number of pyridine rings is 1. The van der Waals surface area contributed by atoms with Gasteiger partial charge in [-0.25, -0.2) is 13.9 Å². The van der Waals surface area contributed by atoms with Crippen LogP contribution < -0.4 is 5.56 Å². The first-order valence-electron chi connectivity index (χ1n) is 10.8. The SMILES string of the molecule is CCc1nn2c(ncc3c(=O)n([C@H]4CCCC[C@H]4C)ccc32)c1-c1ccc(F)cc1. The molecule has 3 aromatic heterocycles. The fourth-order valence-corrected chi connectivity index (χ4v) is 4.86. The summed E-state index contributed by atoms with van der Waals surface area (Å²) in [5, 5.41) is 5.35. The molecular formula is C24H25FN4O. The summed E-state index contributed by atoms with van der Waals surface area (Å²) in [6.07, 6.45) is 8.91. The largest absolute Gasteiger partial charge is 0.312 e. The van der Waals surface area contributed by atoms with Gasteiger partial charge in [-0.2, -0.15) is 5.10 Å². The summed E-state index contributed by atoms with van der Waals surface area (Å²) in [5.74, 6) is 0.219. The van der Waals surface area contributed by atoms with Gasteiger partial charge in [0, 0.05) is 24.0 Å². The highest BCUT2D eigenvalue weighted by Crippen LogP contribution is 2.33. The van der Waals surface area contributed by atoms with Crippen LogP contribution in [0.3, 0.4) is 0 Å². The Hall–Kier alpha value is -3.02. The van der Waals surface area contributed by atoms with E-state index in [1.54, 1.807) is 22.8 Å². The predicted octanol–water partition coefficient (Wildman–Crippen LogP) is 5.16. The Morgan fingerprint density at radius 2 is 1.90 bits per heavy atom. The summed E-state index contributed by atoms with van der Waals surface area (Å²) >= 11 is 0. The van der Waals surface area contributed by atoms with E-state index in [4.69, 9.17) is 5.10 Å². The Morgan fingerprint density at radius 1 is 1.13 bits per heavy atom. The van der Waals surface area contributed by atoms with Crippen molar-refractivity contribution in [1.82, 2.24) is 19.2 Å². The minimum Gasteiger partial charge on any atom is -0.312 e. The molecule has 1 aromatic carbocycles. The lowest BCUT2D eigenvalue weighted by molar-refractivity contribution is 0.253. The smallest absolute Gasteiger partial charge is 0.261 e. The van der Waals surface area contributed by atoms with Crippen molar-refractivity contribution < 1.29 is 4.39 Å². The summed E-state index contributed by atoms with van der Waals surface area (Å²) in [5.41, 5.74) is 4.09. The lowest BCUT2D eigenvalue weighted by Crippen LogP contribution is -2.30. The van der Waals surface area contributed by atoms with E-state index in [2.05, 4.69) is 11.9 Å². The fraction of sp³-hybridized carbons (Fsp3) is 0.375. The summed E-state index contributed by atoms with van der Waals surface area (Å²) < 4.78 is 17.1. The third-order valence-electron chi connectivity index (χ3n) is 6.50. The van der Waals surface area contributed by atoms with Gasteiger partial charge >= 0.3 is 0 Å². The van der Waals surface area contributed by atoms with E-state index < -0.39 is 0 Å². The van der Waals surface area contributed by atoms with Crippen molar-refractivity contribution in [2.24, 2.45) is 5.92 Å². The van der Waals surface area contributed by atoms with Gasteiger partial charge in [0.05, 0.1) is 16.6 Å². The molecule has 1 saturated carbocycles. The number of rotatable bonds is 3. The molecule has 30 heavy (non-hydrogen) atoms. The highest BCUT2D eigenvalue weighted by Gasteiger charge is 2.25. The molecule has 0 radical (unpaired) electrons. The summed E-state index contributed by atoms with van der Waals surface area (Å²) in [6, 6.07) is 8.62. The van der Waals surface area contributed by atoms with Crippen LogP contribution in [-0.2, 0) is 6.42 Å². The Kier molecular flexibility index (Phi) is 4.65. The maximum Gasteiger partial charge on any atom is 0.261 e. The summed E-state index contributed by atoms with van der Waals surface area (Å²) in [7, 11) is 0. The highest BCUT2D eigenvalue weighted by atomic mass is 19.1. The summed E-state index contributed by atoms with van der Waals surface area (Å²) in [4.78, 5) is 18.0. The number of halogens is 1. The third-order valence-corrected chi connectivity index (χ3v) is 6.50. The van der Waals surface area contributed by atoms with Gasteiger partial charge in [-0.05, 0) is 48.9 Å². The average molecular weight is 404 g/mol. The van der Waals surface area contributed by atoms with Gasteiger partial charge in [0.2, 0.25) is 0 Å². The first kappa shape index (κ1) is 19.0. The lowest BCUT2D eigenvalue weighted by atomic mass is 9.85. The summed E-state index contributed by atoms with van der Waals surface area (Å²) in [6.45, 7) is 4.27. The van der Waals surface area contributed by atoms with Crippen molar-refractivity contribution in [3.63, 3.8) is 0 Å². The maximum atomic E-state index is 13.4. The zero-order valence-electron chi connectivity index (χ0n) is 17.3. The van der Waals surface area contributed by atoms with E-state index in [0.29, 0.717) is 23.4 Å². The molecule has 0 aliphatic heterocycles. The third kappa shape index (κ3) is 2.93. The van der Waals surface area contributed by atoms with Gasteiger partial charge in [0.15, 0.2) is 5.65 Å². The molecule has 3 heterocycles. The van der Waals surface area contributed by atoms with Crippen LogP contribution >= 0.6 is 0 Å². The molecule has 0 bridgehead atoms. The van der Waals surface area contributed by atoms with Crippen molar-refractivity contribution in [1.29, 1.82) is 0 Å². The van der Waals surface area contributed by atoms with Crippen LogP contribution in [-0.4, -0.2) is 19.2 Å². The highest BCUT2D eigenvalue weighted by molar-refractivity contribution is 5.86. The molecule has 5 nitrogen and oxygen atoms in total. The number of fused-ring (bicyclic) bond motifs is 3. The second-order valence-corrected chi connectivity index (χ2v) is 8.33. The van der Waals surface area contributed by atoms with Crippen LogP contribution in [0, 0.1) is 11.7 Å². The Morgan fingerprint density at radius 3 is 2.63 bits per heavy atom. The molecule has 0 spiro atoms. The number of benzene rings is 1. The van der Waals surface area contributed by atoms with E-state index in [-0.39, 0.29) is 17.4 Å². The number of aryl methyl sites for hydroxylation is 1. The standard InChI is InChI=1S/C24H25FN4O/c1-3-19-22(16-8-10-17(25)11-9-16)23-26-14-18-21(29(23)27-19)12-13-28(24(18)30)20-7-5-4-6-15(20)2/h8-15,20H,3-7H2,1-2H3/t15-,20+/m1/s1. The van der Waals surface area contributed by atoms with Gasteiger partial charge in [-0.1, -0.05) is 38.8 Å². The predicted molar refractivity (Wildman–Crippen MR) is 116 cm³/mol. The average Bonchev–Trinajstić information content (AvgIpc) is 3.14. The molecule has 0 N–H and O–H groups in total. The maximum absolute atomic E-state index is 13.4. The van der Waals surface area contributed by atoms with Crippen LogP contribution in [0.5, 0.6) is 0 Å². The van der Waals surface area contributed by atoms with Crippen molar-refractivity contribution in [3.8, 4) is 11.1 Å². The van der Waals surface area contributed by atoms with Crippen molar-refractivity contribution in [3.05, 3.63) is 64.6 Å². The first-order chi connectivity index (χ1) is 14.6. The van der Waals surface area contributed by atoms with Gasteiger partial charge in [0.25, 0.3) is 5.56 Å². The van der Waals surface area contributed by atoms with Crippen LogP contribution in [0.15, 0.2) is 47.5 Å². The van der Waals surface area contributed by atoms with Gasteiger partial charge in [-0.15, -0.1) is 0 Å². The molecule has 1 aliphatic carbocycles. The second kappa shape index (κ2) is 7.35. The molecule has 1 aliphatic rings. The molecule has 4 aromatic rings. The van der Waals surface area contributed by atoms with Crippen LogP contribution in [0.1, 0.15) is 51.3 Å². The Balaban J connectivity index is 1.72. The normalized spacial score (nSPS) is 19.6. The topological polar surface area (TPSA) is 52.2 Å². The first-order valence-corrected chi connectivity index (χ1v) is 10.8. The molecule has 0 unspecified atom stereocenters. The minimum absolute atomic E-state index is 0.00229. The molecule has 0 amide bonds. The Labute approximate surface area is 174 Å². The molecule has 5 rings (SSSR count). The van der Waals surface area contributed by atoms with Gasteiger partial charge < -0.3 is 4.57 Å². The Bertz CT molecular complexity index is 1290. The van der Waals surface area contributed by atoms with E-state index >= 15 is 0 Å². The molecule has 0 saturated heterocycles. The molecular weight excluding hydrogens is 379 g/mol. The lowest BCUT2D eigenvalue weighted by Gasteiger charge is -2.30. The van der Waals surface area contributed by atoms with Gasteiger partial charge in [-0.3, -0.25) is 4.79 Å². The zero-order valence-corrected chi connectivity index (χ0v) is 17.3. The van der Waals surface area contributed by atoms with E-state index in [1.807, 2.05) is 23.8 Å². The number of hydrogen-bond donors (Lipinski definition) is 0. The van der Waals surface area contributed by atoms with Crippen molar-refractivity contribution in [2.45, 2.75) is 52.0 Å². The zero-order chi connectivity index (χ0) is 20.8. The number of nitrogens with zero attached hydrogens (tertiary/aromatic N) is 4. The molecule has 2 atom stereocenters. The number of hydrogen-bond acceptors (Lipinski definition) is 3. The molecule has 6 heteroatoms. The number of aromatic nitrogens is 4. The quantitative estimate of drug-likeness (QED) is 0.474. The molecule has 154 valence electrons.